The van der Waals surface area contributed by atoms with Crippen LogP contribution in [0.1, 0.15) is 32.3 Å². The van der Waals surface area contributed by atoms with Gasteiger partial charge in [0.2, 0.25) is 0 Å². The molecule has 0 N–H and O–H groups in total. The van der Waals surface area contributed by atoms with E-state index in [1.807, 2.05) is 0 Å². The molecule has 0 aliphatic heterocycles. The van der Waals surface area contributed by atoms with Gasteiger partial charge in [0, 0.05) is 17.8 Å². The smallest absolute Gasteiger partial charge is 0.0397 e. The molecule has 0 aromatic carbocycles. The first kappa shape index (κ1) is 9.46. The Morgan fingerprint density at radius 1 is 1.58 bits per heavy atom. The minimum absolute atomic E-state index is 0.970. The molecular formula is C10H15NS. The predicted molar refractivity (Wildman–Crippen MR) is 56.3 cm³/mol. The molecule has 12 heavy (non-hydrogen) atoms. The van der Waals surface area contributed by atoms with E-state index in [-0.39, 0.29) is 0 Å². The van der Waals surface area contributed by atoms with E-state index >= 15 is 0 Å². The second-order valence-electron chi connectivity index (χ2n) is 2.83. The van der Waals surface area contributed by atoms with E-state index in [0.29, 0.717) is 0 Å². The van der Waals surface area contributed by atoms with Gasteiger partial charge in [-0.25, -0.2) is 0 Å². The topological polar surface area (TPSA) is 12.4 Å². The van der Waals surface area contributed by atoms with Crippen molar-refractivity contribution in [1.29, 1.82) is 0 Å². The van der Waals surface area contributed by atoms with Crippen molar-refractivity contribution in [1.82, 2.24) is 0 Å². The van der Waals surface area contributed by atoms with Crippen LogP contribution in [-0.4, -0.2) is 12.3 Å². The van der Waals surface area contributed by atoms with Crippen LogP contribution in [0, 0.1) is 0 Å². The van der Waals surface area contributed by atoms with Crippen molar-refractivity contribution in [3.8, 4) is 0 Å². The molecular weight excluding hydrogens is 166 g/mol. The Hall–Kier alpha value is -0.630. The van der Waals surface area contributed by atoms with E-state index in [4.69, 9.17) is 0 Å². The highest BCUT2D eigenvalue weighted by Gasteiger charge is 1.95. The number of thiophene rings is 1. The summed E-state index contributed by atoms with van der Waals surface area (Å²) < 4.78 is 0. The fraction of sp³-hybridized carbons (Fsp3) is 0.500. The van der Waals surface area contributed by atoms with Gasteiger partial charge >= 0.3 is 0 Å². The average Bonchev–Trinajstić information content (AvgIpc) is 2.56. The van der Waals surface area contributed by atoms with Gasteiger partial charge in [-0.05, 0) is 30.2 Å². The number of rotatable bonds is 4. The van der Waals surface area contributed by atoms with Crippen molar-refractivity contribution in [2.75, 3.05) is 6.54 Å². The molecule has 0 aliphatic carbocycles. The molecule has 0 amide bonds. The fourth-order valence-corrected chi connectivity index (χ4v) is 1.67. The van der Waals surface area contributed by atoms with Crippen LogP contribution in [0.15, 0.2) is 21.8 Å². The largest absolute Gasteiger partial charge is 0.289 e. The highest BCUT2D eigenvalue weighted by molar-refractivity contribution is 7.08. The maximum Gasteiger partial charge on any atom is 0.0397 e. The maximum absolute atomic E-state index is 4.48. The number of nitrogens with zero attached hydrogens (tertiary/aromatic N) is 1. The molecule has 1 aromatic heterocycles. The second-order valence-corrected chi connectivity index (χ2v) is 3.61. The summed E-state index contributed by atoms with van der Waals surface area (Å²) in [4.78, 5) is 4.48. The Bertz CT molecular complexity index is 236. The van der Waals surface area contributed by atoms with Gasteiger partial charge in [0.1, 0.15) is 0 Å². The van der Waals surface area contributed by atoms with Crippen LogP contribution < -0.4 is 0 Å². The minimum Gasteiger partial charge on any atom is -0.289 e. The summed E-state index contributed by atoms with van der Waals surface area (Å²) in [5, 5.41) is 4.24. The summed E-state index contributed by atoms with van der Waals surface area (Å²) >= 11 is 1.73. The summed E-state index contributed by atoms with van der Waals surface area (Å²) in [5.41, 5.74) is 2.45. The monoisotopic (exact) mass is 181 g/mol. The molecule has 0 saturated carbocycles. The summed E-state index contributed by atoms with van der Waals surface area (Å²) in [7, 11) is 0. The van der Waals surface area contributed by atoms with E-state index in [0.717, 1.165) is 6.54 Å². The van der Waals surface area contributed by atoms with Crippen molar-refractivity contribution >= 4 is 17.0 Å². The molecule has 0 radical (unpaired) electrons. The molecule has 1 nitrogen and oxygen atoms in total. The van der Waals surface area contributed by atoms with E-state index in [9.17, 15) is 0 Å². The molecule has 0 bridgehead atoms. The summed E-state index contributed by atoms with van der Waals surface area (Å²) in [6.45, 7) is 5.24. The van der Waals surface area contributed by atoms with Crippen molar-refractivity contribution in [3.05, 3.63) is 22.4 Å². The normalized spacial score (nSPS) is 12.0. The van der Waals surface area contributed by atoms with Gasteiger partial charge in [-0.1, -0.05) is 13.3 Å². The van der Waals surface area contributed by atoms with Crippen LogP contribution in [0.2, 0.25) is 0 Å². The van der Waals surface area contributed by atoms with Gasteiger partial charge in [-0.3, -0.25) is 4.99 Å². The SMILES string of the molecule is CCCCN=C(C)c1ccsc1. The van der Waals surface area contributed by atoms with E-state index in [1.54, 1.807) is 11.3 Å². The molecule has 0 aliphatic rings. The number of aliphatic imine (C=N–C) groups is 1. The lowest BCUT2D eigenvalue weighted by atomic mass is 10.2. The number of hydrogen-bond donors (Lipinski definition) is 0. The van der Waals surface area contributed by atoms with Crippen LogP contribution in [-0.2, 0) is 0 Å². The Morgan fingerprint density at radius 3 is 3.00 bits per heavy atom. The lowest BCUT2D eigenvalue weighted by molar-refractivity contribution is 0.808. The Labute approximate surface area is 78.2 Å². The number of unbranched alkanes of at least 4 members (excludes halogenated alkanes) is 1. The van der Waals surface area contributed by atoms with Gasteiger partial charge in [0.25, 0.3) is 0 Å². The van der Waals surface area contributed by atoms with Crippen molar-refractivity contribution in [2.24, 2.45) is 4.99 Å². The molecule has 0 fully saturated rings. The lowest BCUT2D eigenvalue weighted by Gasteiger charge is -1.95. The quantitative estimate of drug-likeness (QED) is 0.499. The van der Waals surface area contributed by atoms with Gasteiger partial charge < -0.3 is 0 Å². The van der Waals surface area contributed by atoms with E-state index in [1.165, 1.54) is 24.1 Å². The summed E-state index contributed by atoms with van der Waals surface area (Å²) in [6, 6.07) is 2.12. The minimum atomic E-state index is 0.970. The first-order valence-corrected chi connectivity index (χ1v) is 5.32. The summed E-state index contributed by atoms with van der Waals surface area (Å²) in [5.74, 6) is 0. The Kier molecular flexibility index (Phi) is 4.01. The van der Waals surface area contributed by atoms with Crippen molar-refractivity contribution in [2.45, 2.75) is 26.7 Å². The highest BCUT2D eigenvalue weighted by Crippen LogP contribution is 2.07. The molecule has 0 saturated heterocycles. The zero-order valence-electron chi connectivity index (χ0n) is 7.71. The zero-order chi connectivity index (χ0) is 8.81. The van der Waals surface area contributed by atoms with Gasteiger partial charge in [0.15, 0.2) is 0 Å². The van der Waals surface area contributed by atoms with Gasteiger partial charge in [-0.15, -0.1) is 0 Å². The van der Waals surface area contributed by atoms with Crippen molar-refractivity contribution < 1.29 is 0 Å². The third kappa shape index (κ3) is 2.78. The lowest BCUT2D eigenvalue weighted by Crippen LogP contribution is -1.93. The standard InChI is InChI=1S/C10H15NS/c1-3-4-6-11-9(2)10-5-7-12-8-10/h5,7-8H,3-4,6H2,1-2H3. The van der Waals surface area contributed by atoms with Gasteiger partial charge in [-0.2, -0.15) is 11.3 Å². The molecule has 1 rings (SSSR count). The Balaban J connectivity index is 2.47. The molecule has 1 aromatic rings. The zero-order valence-corrected chi connectivity index (χ0v) is 8.53. The highest BCUT2D eigenvalue weighted by atomic mass is 32.1. The van der Waals surface area contributed by atoms with E-state index in [2.05, 4.69) is 35.7 Å². The molecule has 1 heterocycles. The molecule has 0 atom stereocenters. The van der Waals surface area contributed by atoms with E-state index < -0.39 is 0 Å². The first-order valence-electron chi connectivity index (χ1n) is 4.38. The third-order valence-corrected chi connectivity index (χ3v) is 2.48. The van der Waals surface area contributed by atoms with Crippen LogP contribution in [0.5, 0.6) is 0 Å². The van der Waals surface area contributed by atoms with Gasteiger partial charge in [0.05, 0.1) is 0 Å². The molecule has 0 spiro atoms. The Morgan fingerprint density at radius 2 is 2.42 bits per heavy atom. The third-order valence-electron chi connectivity index (χ3n) is 1.80. The molecule has 66 valence electrons. The molecule has 0 unspecified atom stereocenters. The summed E-state index contributed by atoms with van der Waals surface area (Å²) in [6.07, 6.45) is 2.42. The maximum atomic E-state index is 4.48. The van der Waals surface area contributed by atoms with Crippen molar-refractivity contribution in [3.63, 3.8) is 0 Å². The van der Waals surface area contributed by atoms with Crippen LogP contribution in [0.3, 0.4) is 0 Å². The van der Waals surface area contributed by atoms with Crippen LogP contribution in [0.25, 0.3) is 0 Å². The first-order chi connectivity index (χ1) is 5.84. The average molecular weight is 181 g/mol. The predicted octanol–water partition coefficient (Wildman–Crippen LogP) is 3.36. The number of hydrogen-bond acceptors (Lipinski definition) is 2. The van der Waals surface area contributed by atoms with Crippen LogP contribution >= 0.6 is 11.3 Å². The second kappa shape index (κ2) is 5.09. The molecule has 2 heteroatoms. The van der Waals surface area contributed by atoms with Crippen LogP contribution in [0.4, 0.5) is 0 Å². The fourth-order valence-electron chi connectivity index (χ4n) is 0.967.